The van der Waals surface area contributed by atoms with Crippen LogP contribution in [0.4, 0.5) is 5.82 Å². The van der Waals surface area contributed by atoms with Crippen LogP contribution in [0, 0.1) is 0 Å². The van der Waals surface area contributed by atoms with Crippen molar-refractivity contribution in [1.82, 2.24) is 14.7 Å². The summed E-state index contributed by atoms with van der Waals surface area (Å²) in [5.41, 5.74) is 5.51. The van der Waals surface area contributed by atoms with Crippen LogP contribution in [-0.2, 0) is 11.3 Å². The summed E-state index contributed by atoms with van der Waals surface area (Å²) in [5, 5.41) is 4.08. The molecule has 1 heterocycles. The van der Waals surface area contributed by atoms with E-state index in [4.69, 9.17) is 5.73 Å². The predicted octanol–water partition coefficient (Wildman–Crippen LogP) is 1.07. The molecule has 1 rings (SSSR count). The van der Waals surface area contributed by atoms with Gasteiger partial charge in [0.25, 0.3) is 0 Å². The number of amides is 1. The Labute approximate surface area is 106 Å². The molecule has 0 spiro atoms. The van der Waals surface area contributed by atoms with Crippen molar-refractivity contribution in [1.29, 1.82) is 0 Å². The highest BCUT2D eigenvalue weighted by atomic mass is 32.2. The second-order valence-electron chi connectivity index (χ2n) is 3.62. The SMILES string of the molecule is CCN(CC)C(=O)CSCCn1ccc(N)n1. The van der Waals surface area contributed by atoms with Crippen LogP contribution in [0.5, 0.6) is 0 Å². The molecule has 1 amide bonds. The zero-order valence-electron chi connectivity index (χ0n) is 10.4. The van der Waals surface area contributed by atoms with Crippen LogP contribution in [0.3, 0.4) is 0 Å². The normalized spacial score (nSPS) is 10.5. The van der Waals surface area contributed by atoms with Crippen LogP contribution in [0.2, 0.25) is 0 Å². The van der Waals surface area contributed by atoms with Gasteiger partial charge in [-0.1, -0.05) is 0 Å². The Bertz CT molecular complexity index is 349. The minimum Gasteiger partial charge on any atom is -0.382 e. The fourth-order valence-corrected chi connectivity index (χ4v) is 2.30. The van der Waals surface area contributed by atoms with Crippen LogP contribution >= 0.6 is 11.8 Å². The quantitative estimate of drug-likeness (QED) is 0.741. The van der Waals surface area contributed by atoms with Gasteiger partial charge in [0.1, 0.15) is 5.82 Å². The summed E-state index contributed by atoms with van der Waals surface area (Å²) in [5.74, 6) is 2.15. The molecule has 0 aromatic carbocycles. The van der Waals surface area contributed by atoms with Gasteiger partial charge in [-0.15, -0.1) is 0 Å². The summed E-state index contributed by atoms with van der Waals surface area (Å²) in [6, 6.07) is 1.77. The van der Waals surface area contributed by atoms with Crippen LogP contribution in [0.1, 0.15) is 13.8 Å². The molecule has 0 bridgehead atoms. The molecule has 0 aliphatic rings. The first-order valence-corrected chi connectivity index (χ1v) is 6.97. The summed E-state index contributed by atoms with van der Waals surface area (Å²) in [6.07, 6.45) is 1.85. The molecule has 6 heteroatoms. The largest absolute Gasteiger partial charge is 0.382 e. The molecule has 96 valence electrons. The van der Waals surface area contributed by atoms with Gasteiger partial charge in [0.2, 0.25) is 5.91 Å². The third-order valence-electron chi connectivity index (χ3n) is 2.47. The van der Waals surface area contributed by atoms with Crippen molar-refractivity contribution < 1.29 is 4.79 Å². The zero-order valence-corrected chi connectivity index (χ0v) is 11.2. The lowest BCUT2D eigenvalue weighted by Gasteiger charge is -2.18. The molecule has 0 fully saturated rings. The molecule has 1 aromatic heterocycles. The van der Waals surface area contributed by atoms with Crippen molar-refractivity contribution in [2.45, 2.75) is 20.4 Å². The van der Waals surface area contributed by atoms with E-state index < -0.39 is 0 Å². The van der Waals surface area contributed by atoms with Crippen LogP contribution in [0.15, 0.2) is 12.3 Å². The number of nitrogen functional groups attached to an aromatic ring is 1. The first-order valence-electron chi connectivity index (χ1n) is 5.81. The maximum Gasteiger partial charge on any atom is 0.232 e. The maximum atomic E-state index is 11.7. The van der Waals surface area contributed by atoms with Gasteiger partial charge in [0.05, 0.1) is 12.3 Å². The van der Waals surface area contributed by atoms with E-state index in [1.54, 1.807) is 22.5 Å². The van der Waals surface area contributed by atoms with E-state index in [0.29, 0.717) is 11.6 Å². The molecule has 0 atom stereocenters. The molecule has 1 aromatic rings. The Morgan fingerprint density at radius 2 is 2.24 bits per heavy atom. The highest BCUT2D eigenvalue weighted by molar-refractivity contribution is 7.99. The molecular weight excluding hydrogens is 236 g/mol. The van der Waals surface area contributed by atoms with Gasteiger partial charge in [-0.2, -0.15) is 16.9 Å². The van der Waals surface area contributed by atoms with E-state index >= 15 is 0 Å². The van der Waals surface area contributed by atoms with Gasteiger partial charge in [-0.3, -0.25) is 9.48 Å². The van der Waals surface area contributed by atoms with Crippen molar-refractivity contribution in [2.24, 2.45) is 0 Å². The van der Waals surface area contributed by atoms with E-state index in [1.807, 2.05) is 24.9 Å². The smallest absolute Gasteiger partial charge is 0.232 e. The number of aromatic nitrogens is 2. The van der Waals surface area contributed by atoms with E-state index in [-0.39, 0.29) is 5.91 Å². The minimum atomic E-state index is 0.208. The number of carbonyl (C=O) groups excluding carboxylic acids is 1. The molecular formula is C11H20N4OS. The lowest BCUT2D eigenvalue weighted by Crippen LogP contribution is -2.32. The number of anilines is 1. The number of rotatable bonds is 7. The Morgan fingerprint density at radius 1 is 1.53 bits per heavy atom. The van der Waals surface area contributed by atoms with Crippen molar-refractivity contribution >= 4 is 23.5 Å². The van der Waals surface area contributed by atoms with Gasteiger partial charge in [0.15, 0.2) is 0 Å². The number of thioether (sulfide) groups is 1. The molecule has 5 nitrogen and oxygen atoms in total. The average Bonchev–Trinajstić information content (AvgIpc) is 2.72. The summed E-state index contributed by atoms with van der Waals surface area (Å²) in [4.78, 5) is 13.5. The number of hydrogen-bond donors (Lipinski definition) is 1. The highest BCUT2D eigenvalue weighted by Crippen LogP contribution is 2.05. The monoisotopic (exact) mass is 256 g/mol. The number of aryl methyl sites for hydroxylation is 1. The molecule has 17 heavy (non-hydrogen) atoms. The average molecular weight is 256 g/mol. The molecule has 0 unspecified atom stereocenters. The number of hydrogen-bond acceptors (Lipinski definition) is 4. The molecule has 2 N–H and O–H groups in total. The topological polar surface area (TPSA) is 64.2 Å². The first kappa shape index (κ1) is 13.9. The molecule has 0 aliphatic carbocycles. The summed E-state index contributed by atoms with van der Waals surface area (Å²) in [7, 11) is 0. The van der Waals surface area contributed by atoms with Crippen LogP contribution in [-0.4, -0.2) is 45.2 Å². The maximum absolute atomic E-state index is 11.7. The molecule has 0 saturated heterocycles. The molecule has 0 radical (unpaired) electrons. The lowest BCUT2D eigenvalue weighted by atomic mass is 10.5. The number of nitrogens with two attached hydrogens (primary N) is 1. The second-order valence-corrected chi connectivity index (χ2v) is 4.73. The Morgan fingerprint density at radius 3 is 2.76 bits per heavy atom. The van der Waals surface area contributed by atoms with Gasteiger partial charge in [0, 0.05) is 25.0 Å². The van der Waals surface area contributed by atoms with E-state index in [2.05, 4.69) is 5.10 Å². The van der Waals surface area contributed by atoms with Gasteiger partial charge in [-0.05, 0) is 19.9 Å². The van der Waals surface area contributed by atoms with Gasteiger partial charge in [-0.25, -0.2) is 0 Å². The fourth-order valence-electron chi connectivity index (χ4n) is 1.49. The molecule has 0 aliphatic heterocycles. The van der Waals surface area contributed by atoms with Crippen molar-refractivity contribution in [3.05, 3.63) is 12.3 Å². The fraction of sp³-hybridized carbons (Fsp3) is 0.636. The van der Waals surface area contributed by atoms with Crippen molar-refractivity contribution in [3.8, 4) is 0 Å². The third-order valence-corrected chi connectivity index (χ3v) is 3.39. The second kappa shape index (κ2) is 7.21. The Kier molecular flexibility index (Phi) is 5.90. The van der Waals surface area contributed by atoms with Gasteiger partial charge < -0.3 is 10.6 Å². The predicted molar refractivity (Wildman–Crippen MR) is 71.9 cm³/mol. The van der Waals surface area contributed by atoms with Crippen molar-refractivity contribution in [2.75, 3.05) is 30.3 Å². The Balaban J connectivity index is 2.17. The number of nitrogens with zero attached hydrogens (tertiary/aromatic N) is 3. The summed E-state index contributed by atoms with van der Waals surface area (Å²) >= 11 is 1.63. The summed E-state index contributed by atoms with van der Waals surface area (Å²) in [6.45, 7) is 6.35. The van der Waals surface area contributed by atoms with Gasteiger partial charge >= 0.3 is 0 Å². The Hall–Kier alpha value is -1.17. The third kappa shape index (κ3) is 4.68. The highest BCUT2D eigenvalue weighted by Gasteiger charge is 2.08. The first-order chi connectivity index (χ1) is 8.17. The van der Waals surface area contributed by atoms with Crippen LogP contribution < -0.4 is 5.73 Å². The molecule has 0 saturated carbocycles. The van der Waals surface area contributed by atoms with Crippen molar-refractivity contribution in [3.63, 3.8) is 0 Å². The number of carbonyl (C=O) groups is 1. The lowest BCUT2D eigenvalue weighted by molar-refractivity contribution is -0.127. The van der Waals surface area contributed by atoms with E-state index in [9.17, 15) is 4.79 Å². The van der Waals surface area contributed by atoms with Crippen LogP contribution in [0.25, 0.3) is 0 Å². The van der Waals surface area contributed by atoms with E-state index in [1.165, 1.54) is 0 Å². The minimum absolute atomic E-state index is 0.208. The summed E-state index contributed by atoms with van der Waals surface area (Å²) < 4.78 is 1.80. The standard InChI is InChI=1S/C11H20N4OS/c1-3-14(4-2)11(16)9-17-8-7-15-6-5-10(12)13-15/h5-6H,3-4,7-9H2,1-2H3,(H2,12,13). The zero-order chi connectivity index (χ0) is 12.7. The van der Waals surface area contributed by atoms with E-state index in [0.717, 1.165) is 25.4 Å².